The highest BCUT2D eigenvalue weighted by Gasteiger charge is 2.18. The first kappa shape index (κ1) is 40.1. The Morgan fingerprint density at radius 3 is 1.07 bits per heavy atom. The molecular weight excluding hydrogens is 604 g/mol. The lowest BCUT2D eigenvalue weighted by Gasteiger charge is -2.33. The van der Waals surface area contributed by atoms with Gasteiger partial charge in [0.25, 0.3) is 20.2 Å². The van der Waals surface area contributed by atoms with E-state index in [4.69, 9.17) is 19.3 Å². The van der Waals surface area contributed by atoms with Gasteiger partial charge in [-0.1, -0.05) is 10.2 Å². The van der Waals surface area contributed by atoms with Gasteiger partial charge in [-0.05, 0) is 13.8 Å². The lowest BCUT2D eigenvalue weighted by molar-refractivity contribution is 0.116. The van der Waals surface area contributed by atoms with Crippen molar-refractivity contribution in [3.8, 4) is 0 Å². The van der Waals surface area contributed by atoms with E-state index in [1.165, 1.54) is 0 Å². The lowest BCUT2D eigenvalue weighted by Crippen LogP contribution is -2.48. The Balaban J connectivity index is 0.000000606. The van der Waals surface area contributed by atoms with Gasteiger partial charge in [0.2, 0.25) is 0 Å². The van der Waals surface area contributed by atoms with Crippen molar-refractivity contribution in [2.45, 2.75) is 13.8 Å². The quantitative estimate of drug-likeness (QED) is 0.142. The molecule has 0 spiro atoms. The van der Waals surface area contributed by atoms with Crippen LogP contribution >= 0.6 is 0 Å². The maximum absolute atomic E-state index is 10.5. The number of piperazine rings is 2. The molecule has 4 N–H and O–H groups in total. The van der Waals surface area contributed by atoms with Crippen molar-refractivity contribution >= 4 is 32.4 Å². The van der Waals surface area contributed by atoms with Crippen LogP contribution in [0.4, 0.5) is 9.59 Å². The number of nitrogens with zero attached hydrogens (tertiary/aromatic N) is 6. The van der Waals surface area contributed by atoms with Gasteiger partial charge in [-0.2, -0.15) is 16.8 Å². The molecule has 0 aromatic heterocycles. The topological polar surface area (TPSA) is 239 Å². The second-order valence-corrected chi connectivity index (χ2v) is 12.1. The van der Waals surface area contributed by atoms with Crippen molar-refractivity contribution in [2.75, 3.05) is 116 Å². The fraction of sp³-hybridized carbons (Fsp3) is 0.909. The zero-order valence-electron chi connectivity index (χ0n) is 24.3. The summed E-state index contributed by atoms with van der Waals surface area (Å²) in [6, 6.07) is 0. The minimum atomic E-state index is -3.84. The van der Waals surface area contributed by atoms with Crippen molar-refractivity contribution in [3.05, 3.63) is 0 Å². The van der Waals surface area contributed by atoms with E-state index in [0.29, 0.717) is 26.2 Å². The number of aliphatic hydroxyl groups is 2. The molecule has 2 aliphatic rings. The van der Waals surface area contributed by atoms with Crippen LogP contribution in [0.3, 0.4) is 0 Å². The summed E-state index contributed by atoms with van der Waals surface area (Å²) in [5, 5.41) is 23.3. The maximum atomic E-state index is 10.5. The number of hydrogen-bond acceptors (Lipinski definition) is 14. The Morgan fingerprint density at radius 2 is 0.857 bits per heavy atom. The molecule has 2 saturated heterocycles. The van der Waals surface area contributed by atoms with Gasteiger partial charge in [0.15, 0.2) is 0 Å². The number of rotatable bonds is 12. The fourth-order valence-electron chi connectivity index (χ4n) is 3.63. The lowest BCUT2D eigenvalue weighted by atomic mass is 10.3. The summed E-state index contributed by atoms with van der Waals surface area (Å²) in [6.07, 6.45) is -1.80. The minimum absolute atomic E-state index is 0.158. The number of β-amino-alcohol motifs (C(OH)–C–C–N with tert-alkyl or cyclic N) is 2. The molecule has 2 rings (SSSR count). The van der Waals surface area contributed by atoms with E-state index in [0.717, 1.165) is 52.4 Å². The zero-order chi connectivity index (χ0) is 32.0. The van der Waals surface area contributed by atoms with Crippen LogP contribution in [0.1, 0.15) is 13.8 Å². The molecule has 2 fully saturated rings. The van der Waals surface area contributed by atoms with E-state index < -0.39 is 32.4 Å². The van der Waals surface area contributed by atoms with Crippen molar-refractivity contribution in [3.63, 3.8) is 0 Å². The van der Waals surface area contributed by atoms with E-state index in [1.54, 1.807) is 13.8 Å². The molecule has 0 aromatic rings. The van der Waals surface area contributed by atoms with Crippen LogP contribution in [0, 0.1) is 0 Å². The van der Waals surface area contributed by atoms with E-state index in [2.05, 4.69) is 29.5 Å². The highest BCUT2D eigenvalue weighted by molar-refractivity contribution is 7.86. The highest BCUT2D eigenvalue weighted by atomic mass is 32.2. The van der Waals surface area contributed by atoms with Gasteiger partial charge in [-0.25, -0.2) is 9.59 Å². The predicted octanol–water partition coefficient (Wildman–Crippen LogP) is -1.28. The first-order valence-electron chi connectivity index (χ1n) is 13.5. The molecule has 0 saturated carbocycles. The van der Waals surface area contributed by atoms with Crippen molar-refractivity contribution in [1.82, 2.24) is 19.6 Å². The highest BCUT2D eigenvalue weighted by Crippen LogP contribution is 2.02. The van der Waals surface area contributed by atoms with Crippen molar-refractivity contribution in [2.24, 2.45) is 10.2 Å². The Hall–Kier alpha value is -1.88. The second kappa shape index (κ2) is 22.6. The number of carbonyl (C=O) groups is 2. The third-order valence-corrected chi connectivity index (χ3v) is 7.24. The molecule has 2 aliphatic heterocycles. The molecule has 0 aromatic carbocycles. The Labute approximate surface area is 247 Å². The van der Waals surface area contributed by atoms with Crippen molar-refractivity contribution in [1.29, 1.82) is 0 Å². The summed E-state index contributed by atoms with van der Waals surface area (Å²) in [7, 11) is -7.69. The summed E-state index contributed by atoms with van der Waals surface area (Å²) in [5.74, 6) is -0.403. The SMILES string of the molecule is CCOC(=O)N=NC(=O)OCC.O=S(=O)(O)CCN1CCN(CCO)CC1.O=S(=O)(O)CCN1CCN(CCO)CC1. The number of hydrogen-bond donors (Lipinski definition) is 4. The number of azo groups is 1. The summed E-state index contributed by atoms with van der Waals surface area (Å²) in [4.78, 5) is 29.2. The maximum Gasteiger partial charge on any atom is 0.452 e. The summed E-state index contributed by atoms with van der Waals surface area (Å²) in [5.41, 5.74) is 0. The average Bonchev–Trinajstić information content (AvgIpc) is 2.92. The number of amides is 2. The minimum Gasteiger partial charge on any atom is -0.447 e. The van der Waals surface area contributed by atoms with Gasteiger partial charge in [-0.15, -0.1) is 0 Å². The number of aliphatic hydroxyl groups excluding tert-OH is 2. The molecule has 20 heteroatoms. The second-order valence-electron chi connectivity index (χ2n) is 8.98. The van der Waals surface area contributed by atoms with Crippen LogP contribution in [0.15, 0.2) is 10.2 Å². The molecule has 0 aliphatic carbocycles. The van der Waals surface area contributed by atoms with Crippen LogP contribution in [0.5, 0.6) is 0 Å². The predicted molar refractivity (Wildman–Crippen MR) is 152 cm³/mol. The fourth-order valence-corrected chi connectivity index (χ4v) is 4.61. The third kappa shape index (κ3) is 23.7. The molecule has 2 amide bonds. The van der Waals surface area contributed by atoms with Crippen molar-refractivity contribution < 1.29 is 55.2 Å². The normalized spacial score (nSPS) is 17.6. The Kier molecular flexibility index (Phi) is 21.6. The van der Waals surface area contributed by atoms with E-state index in [9.17, 15) is 26.4 Å². The molecule has 0 unspecified atom stereocenters. The molecule has 2 heterocycles. The smallest absolute Gasteiger partial charge is 0.447 e. The summed E-state index contributed by atoms with van der Waals surface area (Å²) >= 11 is 0. The first-order valence-corrected chi connectivity index (χ1v) is 16.7. The molecule has 0 atom stereocenters. The van der Waals surface area contributed by atoms with Crippen LogP contribution in [-0.4, -0.2) is 184 Å². The van der Waals surface area contributed by atoms with Crippen LogP contribution in [0.25, 0.3) is 0 Å². The molecular formula is C22H46N6O12S2. The van der Waals surface area contributed by atoms with E-state index in [-0.39, 0.29) is 37.9 Å². The monoisotopic (exact) mass is 650 g/mol. The van der Waals surface area contributed by atoms with E-state index >= 15 is 0 Å². The molecule has 18 nitrogen and oxygen atoms in total. The van der Waals surface area contributed by atoms with Crippen LogP contribution in [-0.2, 0) is 29.7 Å². The summed E-state index contributed by atoms with van der Waals surface area (Å²) in [6.45, 7) is 12.6. The van der Waals surface area contributed by atoms with Crippen LogP contribution < -0.4 is 0 Å². The third-order valence-electron chi connectivity index (χ3n) is 5.84. The standard InChI is InChI=1S/2C8H18N2O4S.C6H10N2O4/c2*11-7-5-9-1-3-10(4-2-9)6-8-15(12,13)14;1-3-11-5(9)7-8-6(10)12-4-2/h2*11H,1-8H2,(H,12,13,14);3-4H2,1-2H3. The van der Waals surface area contributed by atoms with Gasteiger partial charge in [0, 0.05) is 78.5 Å². The number of ether oxygens (including phenoxy) is 2. The van der Waals surface area contributed by atoms with Gasteiger partial charge < -0.3 is 19.7 Å². The Bertz CT molecular complexity index is 906. The molecule has 248 valence electrons. The Morgan fingerprint density at radius 1 is 0.595 bits per heavy atom. The average molecular weight is 651 g/mol. The van der Waals surface area contributed by atoms with Gasteiger partial charge in [0.05, 0.1) is 37.9 Å². The number of carbonyl (C=O) groups excluding carboxylic acids is 2. The van der Waals surface area contributed by atoms with Gasteiger partial charge >= 0.3 is 12.2 Å². The van der Waals surface area contributed by atoms with Crippen LogP contribution in [0.2, 0.25) is 0 Å². The van der Waals surface area contributed by atoms with Gasteiger partial charge in [-0.3, -0.25) is 28.7 Å². The molecule has 0 radical (unpaired) electrons. The molecule has 42 heavy (non-hydrogen) atoms. The zero-order valence-corrected chi connectivity index (χ0v) is 25.9. The first-order chi connectivity index (χ1) is 19.7. The molecule has 0 bridgehead atoms. The summed E-state index contributed by atoms with van der Waals surface area (Å²) < 4.78 is 68.0. The van der Waals surface area contributed by atoms with E-state index in [1.807, 2.05) is 9.80 Å². The largest absolute Gasteiger partial charge is 0.452 e. The van der Waals surface area contributed by atoms with Gasteiger partial charge in [0.1, 0.15) is 0 Å².